The lowest BCUT2D eigenvalue weighted by Crippen LogP contribution is -2.35. The number of methoxy groups -OCH3 is 1. The minimum Gasteiger partial charge on any atom is -0.550 e. The highest BCUT2D eigenvalue weighted by Gasteiger charge is 2.14. The first-order chi connectivity index (χ1) is 14.5. The van der Waals surface area contributed by atoms with E-state index in [0.717, 1.165) is 5.56 Å². The van der Waals surface area contributed by atoms with E-state index < -0.39 is 11.9 Å². The summed E-state index contributed by atoms with van der Waals surface area (Å²) in [7, 11) is 1.57. The highest BCUT2D eigenvalue weighted by molar-refractivity contribution is 6.05. The topological polar surface area (TPSA) is 108 Å². The molecular weight excluding hydrogens is 384 g/mol. The Bertz CT molecular complexity index is 876. The second-order valence-corrected chi connectivity index (χ2v) is 6.59. The fourth-order valence-electron chi connectivity index (χ4n) is 2.68. The molecule has 2 rings (SSSR count). The molecule has 0 atom stereocenters. The first kappa shape index (κ1) is 22.7. The van der Waals surface area contributed by atoms with Gasteiger partial charge in [-0.25, -0.2) is 0 Å². The van der Waals surface area contributed by atoms with Crippen LogP contribution in [-0.4, -0.2) is 31.4 Å². The number of rotatable bonds is 11. The number of carboxylic acid groups (broad SMARTS) is 1. The fourth-order valence-corrected chi connectivity index (χ4v) is 2.68. The highest BCUT2D eigenvalue weighted by Crippen LogP contribution is 2.14. The van der Waals surface area contributed by atoms with Gasteiger partial charge in [-0.15, -0.1) is 0 Å². The zero-order chi connectivity index (χ0) is 21.8. The van der Waals surface area contributed by atoms with Crippen LogP contribution in [0, 0.1) is 0 Å². The molecule has 0 spiro atoms. The number of carbonyl (C=O) groups excluding carboxylic acids is 3. The fraction of sp³-hybridized carbons (Fsp3) is 0.261. The normalized spacial score (nSPS) is 10.9. The number of ether oxygens (including phenoxy) is 1. The Morgan fingerprint density at radius 2 is 1.67 bits per heavy atom. The minimum atomic E-state index is -1.08. The third-order valence-electron chi connectivity index (χ3n) is 4.30. The molecule has 7 nitrogen and oxygen atoms in total. The predicted octanol–water partition coefficient (Wildman–Crippen LogP) is 1.89. The molecule has 0 saturated heterocycles. The Balaban J connectivity index is 2.05. The number of benzene rings is 2. The smallest absolute Gasteiger partial charge is 0.267 e. The summed E-state index contributed by atoms with van der Waals surface area (Å²) < 4.78 is 5.13. The van der Waals surface area contributed by atoms with Crippen molar-refractivity contribution in [1.82, 2.24) is 10.6 Å². The molecule has 2 aromatic carbocycles. The Morgan fingerprint density at radius 3 is 2.30 bits per heavy atom. The van der Waals surface area contributed by atoms with Crippen LogP contribution in [0.5, 0.6) is 5.75 Å². The first-order valence-electron chi connectivity index (χ1n) is 9.70. The number of hydrogen-bond acceptors (Lipinski definition) is 5. The molecule has 0 aliphatic heterocycles. The Morgan fingerprint density at radius 1 is 0.967 bits per heavy atom. The second-order valence-electron chi connectivity index (χ2n) is 6.59. The maximum Gasteiger partial charge on any atom is 0.267 e. The molecule has 0 fully saturated rings. The van der Waals surface area contributed by atoms with Gasteiger partial charge < -0.3 is 25.3 Å². The second kappa shape index (κ2) is 12.1. The largest absolute Gasteiger partial charge is 0.550 e. The van der Waals surface area contributed by atoms with Crippen molar-refractivity contribution in [3.63, 3.8) is 0 Å². The van der Waals surface area contributed by atoms with Gasteiger partial charge in [0.05, 0.1) is 7.11 Å². The van der Waals surface area contributed by atoms with E-state index in [4.69, 9.17) is 4.74 Å². The van der Waals surface area contributed by atoms with Gasteiger partial charge in [0.25, 0.3) is 11.8 Å². The number of carbonyl (C=O) groups is 3. The van der Waals surface area contributed by atoms with E-state index in [1.165, 1.54) is 0 Å². The highest BCUT2D eigenvalue weighted by atomic mass is 16.5. The molecule has 0 unspecified atom stereocenters. The quantitative estimate of drug-likeness (QED) is 0.435. The van der Waals surface area contributed by atoms with Crippen LogP contribution in [0.15, 0.2) is 60.3 Å². The van der Waals surface area contributed by atoms with Crippen molar-refractivity contribution in [3.8, 4) is 5.75 Å². The first-order valence-corrected chi connectivity index (χ1v) is 9.70. The average Bonchev–Trinajstić information content (AvgIpc) is 2.76. The summed E-state index contributed by atoms with van der Waals surface area (Å²) in [6, 6.07) is 15.7. The summed E-state index contributed by atoms with van der Waals surface area (Å²) in [4.78, 5) is 35.6. The average molecular weight is 409 g/mol. The van der Waals surface area contributed by atoms with Crippen molar-refractivity contribution in [2.75, 3.05) is 13.7 Å². The van der Waals surface area contributed by atoms with Gasteiger partial charge in [-0.05, 0) is 55.2 Å². The van der Waals surface area contributed by atoms with Crippen LogP contribution in [0.3, 0.4) is 0 Å². The van der Waals surface area contributed by atoms with Gasteiger partial charge in [-0.2, -0.15) is 0 Å². The van der Waals surface area contributed by atoms with Crippen LogP contribution in [0.1, 0.15) is 41.6 Å². The van der Waals surface area contributed by atoms with Gasteiger partial charge in [-0.3, -0.25) is 9.59 Å². The van der Waals surface area contributed by atoms with Crippen molar-refractivity contribution >= 4 is 23.9 Å². The van der Waals surface area contributed by atoms with E-state index >= 15 is 0 Å². The molecule has 0 heterocycles. The van der Waals surface area contributed by atoms with Gasteiger partial charge in [0, 0.05) is 18.1 Å². The Hall–Kier alpha value is -3.61. The summed E-state index contributed by atoms with van der Waals surface area (Å²) in [6.45, 7) is 0.368. The molecule has 2 N–H and O–H groups in total. The summed E-state index contributed by atoms with van der Waals surface area (Å²) in [5, 5.41) is 15.9. The SMILES string of the molecule is COc1ccc(/C=C(\NC(=O)c2ccccc2)C(=O)NCCCCCC(=O)[O-])cc1. The molecule has 0 saturated carbocycles. The lowest BCUT2D eigenvalue weighted by molar-refractivity contribution is -0.305. The summed E-state index contributed by atoms with van der Waals surface area (Å²) >= 11 is 0. The number of nitrogens with one attached hydrogen (secondary N) is 2. The van der Waals surface area contributed by atoms with Gasteiger partial charge >= 0.3 is 0 Å². The molecular formula is C23H25N2O5-. The van der Waals surface area contributed by atoms with Crippen molar-refractivity contribution in [1.29, 1.82) is 0 Å². The summed E-state index contributed by atoms with van der Waals surface area (Å²) in [5.74, 6) is -1.20. The number of amides is 2. The van der Waals surface area contributed by atoms with Crippen molar-refractivity contribution < 1.29 is 24.2 Å². The maximum atomic E-state index is 12.7. The molecule has 2 amide bonds. The molecule has 2 aromatic rings. The molecule has 0 aliphatic rings. The van der Waals surface area contributed by atoms with Crippen molar-refractivity contribution in [3.05, 3.63) is 71.4 Å². The zero-order valence-corrected chi connectivity index (χ0v) is 16.9. The number of aliphatic carboxylic acids is 1. The Labute approximate surface area is 175 Å². The van der Waals surface area contributed by atoms with Gasteiger partial charge in [-0.1, -0.05) is 36.8 Å². The number of hydrogen-bond donors (Lipinski definition) is 2. The predicted molar refractivity (Wildman–Crippen MR) is 111 cm³/mol. The zero-order valence-electron chi connectivity index (χ0n) is 16.9. The van der Waals surface area contributed by atoms with E-state index in [2.05, 4.69) is 10.6 Å². The lowest BCUT2D eigenvalue weighted by Gasteiger charge is -2.11. The standard InChI is InChI=1S/C23H26N2O5/c1-30-19-13-11-17(12-14-19)16-20(25-22(28)18-8-4-2-5-9-18)23(29)24-15-7-3-6-10-21(26)27/h2,4-5,8-9,11-14,16H,3,6-7,10,15H2,1H3,(H,24,29)(H,25,28)(H,26,27)/p-1/b20-16-. The van der Waals surface area contributed by atoms with Crippen LogP contribution in [0.4, 0.5) is 0 Å². The number of carboxylic acids is 1. The lowest BCUT2D eigenvalue weighted by atomic mass is 10.1. The Kier molecular flexibility index (Phi) is 9.12. The molecule has 7 heteroatoms. The third-order valence-corrected chi connectivity index (χ3v) is 4.30. The summed E-state index contributed by atoms with van der Waals surface area (Å²) in [6.07, 6.45) is 3.37. The van der Waals surface area contributed by atoms with Gasteiger partial charge in [0.1, 0.15) is 11.4 Å². The van der Waals surface area contributed by atoms with E-state index in [-0.39, 0.29) is 18.0 Å². The van der Waals surface area contributed by atoms with Crippen LogP contribution in [0.2, 0.25) is 0 Å². The van der Waals surface area contributed by atoms with E-state index in [1.54, 1.807) is 67.8 Å². The molecule has 30 heavy (non-hydrogen) atoms. The molecule has 0 bridgehead atoms. The van der Waals surface area contributed by atoms with Gasteiger partial charge in [0.2, 0.25) is 0 Å². The van der Waals surface area contributed by atoms with Crippen LogP contribution in [0.25, 0.3) is 6.08 Å². The van der Waals surface area contributed by atoms with E-state index in [1.807, 2.05) is 0 Å². The molecule has 0 aromatic heterocycles. The van der Waals surface area contributed by atoms with Crippen LogP contribution >= 0.6 is 0 Å². The summed E-state index contributed by atoms with van der Waals surface area (Å²) in [5.41, 5.74) is 1.28. The van der Waals surface area contributed by atoms with Crippen molar-refractivity contribution in [2.24, 2.45) is 0 Å². The van der Waals surface area contributed by atoms with Crippen molar-refractivity contribution in [2.45, 2.75) is 25.7 Å². The molecule has 158 valence electrons. The maximum absolute atomic E-state index is 12.7. The third kappa shape index (κ3) is 7.79. The van der Waals surface area contributed by atoms with Crippen LogP contribution in [-0.2, 0) is 9.59 Å². The minimum absolute atomic E-state index is 0.00367. The van der Waals surface area contributed by atoms with Crippen LogP contribution < -0.4 is 20.5 Å². The monoisotopic (exact) mass is 409 g/mol. The number of unbranched alkanes of at least 4 members (excludes halogenated alkanes) is 2. The molecule has 0 aliphatic carbocycles. The van der Waals surface area contributed by atoms with E-state index in [9.17, 15) is 19.5 Å². The van der Waals surface area contributed by atoms with Gasteiger partial charge in [0.15, 0.2) is 0 Å². The molecule has 0 radical (unpaired) electrons. The van der Waals surface area contributed by atoms with E-state index in [0.29, 0.717) is 37.1 Å².